The number of fused-ring (bicyclic) bond motifs is 11. The number of hydrogen-bond acceptors (Lipinski definition) is 4. The van der Waals surface area contributed by atoms with Gasteiger partial charge in [0.2, 0.25) is 0 Å². The molecule has 3 nitrogen and oxygen atoms in total. The normalized spacial score (nSPS) is 18.5. The number of rotatable bonds is 5. The fraction of sp³-hybridized carbons (Fsp3) is 0.316. The maximum Gasteiger partial charge on any atom is 0.252 e. The van der Waals surface area contributed by atoms with Crippen molar-refractivity contribution in [2.24, 2.45) is 0 Å². The summed E-state index contributed by atoms with van der Waals surface area (Å²) in [7, 11) is 0. The van der Waals surface area contributed by atoms with Gasteiger partial charge < -0.3 is 14.7 Å². The number of aryl methyl sites for hydroxylation is 1. The number of anilines is 8. The van der Waals surface area contributed by atoms with Crippen molar-refractivity contribution >= 4 is 100 Å². The van der Waals surface area contributed by atoms with Gasteiger partial charge in [-0.15, -0.1) is 11.3 Å². The van der Waals surface area contributed by atoms with E-state index < -0.39 is 0 Å². The summed E-state index contributed by atoms with van der Waals surface area (Å²) in [6.45, 7) is 35.6. The highest BCUT2D eigenvalue weighted by Crippen LogP contribution is 2.62. The topological polar surface area (TPSA) is 9.72 Å². The molecule has 4 heterocycles. The Morgan fingerprint density at radius 3 is 1.55 bits per heavy atom. The van der Waals surface area contributed by atoms with Gasteiger partial charge in [-0.3, -0.25) is 0 Å². The molecule has 0 radical (unpaired) electrons. The smallest absolute Gasteiger partial charge is 0.252 e. The quantitative estimate of drug-likeness (QED) is 0.159. The second-order valence-corrected chi connectivity index (χ2v) is 30.9. The van der Waals surface area contributed by atoms with E-state index in [0.29, 0.717) is 0 Å². The van der Waals surface area contributed by atoms with E-state index in [1.807, 2.05) is 11.3 Å². The summed E-state index contributed by atoms with van der Waals surface area (Å²) in [6.07, 6.45) is 4.79. The molecule has 0 amide bonds. The molecule has 2 unspecified atom stereocenters. The first-order valence-corrected chi connectivity index (χ1v) is 31.9. The summed E-state index contributed by atoms with van der Waals surface area (Å²) in [6, 6.07) is 69.5. The lowest BCUT2D eigenvalue weighted by atomic mass is 9.33. The molecule has 4 aliphatic rings. The summed E-state index contributed by atoms with van der Waals surface area (Å²) in [5.74, 6) is 0. The van der Waals surface area contributed by atoms with Crippen LogP contribution in [0.5, 0.6) is 0 Å². The van der Waals surface area contributed by atoms with Gasteiger partial charge in [-0.25, -0.2) is 0 Å². The molecule has 0 bridgehead atoms. The molecular formula is C79H82BN3S. The molecule has 10 aromatic rings. The van der Waals surface area contributed by atoms with E-state index in [0.717, 1.165) is 6.42 Å². The lowest BCUT2D eigenvalue weighted by Crippen LogP contribution is -2.61. The van der Waals surface area contributed by atoms with Crippen molar-refractivity contribution in [3.8, 4) is 22.3 Å². The summed E-state index contributed by atoms with van der Waals surface area (Å²) >= 11 is 1.96. The molecule has 0 N–H and O–H groups in total. The second kappa shape index (κ2) is 18.8. The van der Waals surface area contributed by atoms with E-state index >= 15 is 0 Å². The Kier molecular flexibility index (Phi) is 12.2. The molecule has 422 valence electrons. The van der Waals surface area contributed by atoms with Crippen LogP contribution in [-0.4, -0.2) is 12.3 Å². The van der Waals surface area contributed by atoms with Gasteiger partial charge in [0.25, 0.3) is 6.71 Å². The SMILES string of the molecule is Cc1cc2c3c(c1)N(c1ccc(C(C)(C)C)cc1-c1ccccc1)c1c(ccc4c1sc1ccc(C(C)(C)C)cc14)B3c1ccc(N3c4ccc(C(C)(C)C)cc4C4(C)CCCCC34C)cc1N2c1ccc(C(C)(C)C)cc1-c1ccccc1. The summed E-state index contributed by atoms with van der Waals surface area (Å²) < 4.78 is 2.66. The maximum absolute atomic E-state index is 2.81. The monoisotopic (exact) mass is 1120 g/mol. The van der Waals surface area contributed by atoms with Gasteiger partial charge in [-0.2, -0.15) is 0 Å². The molecular weight excluding hydrogens is 1030 g/mol. The van der Waals surface area contributed by atoms with E-state index in [1.165, 1.54) is 157 Å². The van der Waals surface area contributed by atoms with Crippen molar-refractivity contribution < 1.29 is 0 Å². The Hall–Kier alpha value is -7.34. The van der Waals surface area contributed by atoms with Crippen LogP contribution >= 0.6 is 11.3 Å². The summed E-state index contributed by atoms with van der Waals surface area (Å²) in [5, 5.41) is 2.65. The predicted molar refractivity (Wildman–Crippen MR) is 367 cm³/mol. The molecule has 84 heavy (non-hydrogen) atoms. The van der Waals surface area contributed by atoms with Crippen LogP contribution in [0.25, 0.3) is 42.4 Å². The zero-order chi connectivity index (χ0) is 58.8. The molecule has 2 atom stereocenters. The summed E-state index contributed by atoms with van der Waals surface area (Å²) in [5.41, 5.74) is 26.9. The Morgan fingerprint density at radius 2 is 0.952 bits per heavy atom. The first-order valence-electron chi connectivity index (χ1n) is 31.1. The van der Waals surface area contributed by atoms with Crippen LogP contribution in [0.4, 0.5) is 45.5 Å². The van der Waals surface area contributed by atoms with Gasteiger partial charge in [0.1, 0.15) is 0 Å². The highest BCUT2D eigenvalue weighted by molar-refractivity contribution is 7.26. The Morgan fingerprint density at radius 1 is 0.440 bits per heavy atom. The fourth-order valence-corrected chi connectivity index (χ4v) is 16.5. The third-order valence-electron chi connectivity index (χ3n) is 20.3. The third-order valence-corrected chi connectivity index (χ3v) is 21.5. The molecule has 0 saturated heterocycles. The minimum absolute atomic E-state index is 0.0124. The van der Waals surface area contributed by atoms with Crippen LogP contribution in [-0.2, 0) is 27.1 Å². The first kappa shape index (κ1) is 54.6. The molecule has 1 aromatic heterocycles. The lowest BCUT2D eigenvalue weighted by molar-refractivity contribution is 0.195. The minimum Gasteiger partial charge on any atom is -0.334 e. The Labute approximate surface area is 505 Å². The average molecular weight is 1120 g/mol. The van der Waals surface area contributed by atoms with E-state index in [9.17, 15) is 0 Å². The van der Waals surface area contributed by atoms with Crippen LogP contribution in [0.15, 0.2) is 176 Å². The van der Waals surface area contributed by atoms with E-state index in [2.05, 4.69) is 294 Å². The second-order valence-electron chi connectivity index (χ2n) is 29.8. The van der Waals surface area contributed by atoms with Crippen molar-refractivity contribution in [1.82, 2.24) is 0 Å². The first-order chi connectivity index (χ1) is 39.8. The standard InChI is InChI=1S/C79H82BN3S/c1-49-42-68-71-69(43-49)82(65-37-29-53(75(5,6)7)45-59(65)51-26-20-17-21-27-51)72-63(35-33-57-60-46-54(76(8,9)10)31-39-70(60)84-73(57)72)80(71)62-34-32-56(83-66-38-30-55(77(11,12)13)47-61(66)78(14)40-22-23-41-79(78,83)15)48-67(62)81(68)64-36-28-52(74(2,3)4)44-58(64)50-24-18-16-19-25-50/h16-21,24-39,42-48H,22-23,40-41H2,1-15H3. The largest absolute Gasteiger partial charge is 0.334 e. The van der Waals surface area contributed by atoms with Crippen LogP contribution in [0.1, 0.15) is 156 Å². The van der Waals surface area contributed by atoms with Crippen molar-refractivity contribution in [3.63, 3.8) is 0 Å². The highest BCUT2D eigenvalue weighted by atomic mass is 32.1. The van der Waals surface area contributed by atoms with Gasteiger partial charge in [0.15, 0.2) is 0 Å². The zero-order valence-corrected chi connectivity index (χ0v) is 53.2. The Bertz CT molecular complexity index is 4310. The highest BCUT2D eigenvalue weighted by Gasteiger charge is 2.58. The summed E-state index contributed by atoms with van der Waals surface area (Å²) in [4.78, 5) is 8.22. The number of hydrogen-bond donors (Lipinski definition) is 0. The van der Waals surface area contributed by atoms with Gasteiger partial charge in [-0.1, -0.05) is 212 Å². The van der Waals surface area contributed by atoms with E-state index in [4.69, 9.17) is 0 Å². The molecule has 14 rings (SSSR count). The van der Waals surface area contributed by atoms with E-state index in [1.54, 1.807) is 0 Å². The maximum atomic E-state index is 2.81. The number of thiophene rings is 1. The Balaban J connectivity index is 1.11. The zero-order valence-electron chi connectivity index (χ0n) is 52.4. The van der Waals surface area contributed by atoms with Gasteiger partial charge in [-0.05, 0) is 176 Å². The van der Waals surface area contributed by atoms with E-state index in [-0.39, 0.29) is 39.3 Å². The molecule has 1 aliphatic carbocycles. The van der Waals surface area contributed by atoms with Crippen LogP contribution in [0.2, 0.25) is 0 Å². The van der Waals surface area contributed by atoms with Crippen molar-refractivity contribution in [3.05, 3.63) is 209 Å². The minimum atomic E-state index is -0.125. The fourth-order valence-electron chi connectivity index (χ4n) is 15.2. The molecule has 5 heteroatoms. The lowest BCUT2D eigenvalue weighted by Gasteiger charge is -2.51. The van der Waals surface area contributed by atoms with Crippen LogP contribution in [0, 0.1) is 6.92 Å². The van der Waals surface area contributed by atoms with Crippen molar-refractivity contribution in [2.75, 3.05) is 14.7 Å². The molecule has 1 saturated carbocycles. The van der Waals surface area contributed by atoms with Gasteiger partial charge >= 0.3 is 0 Å². The molecule has 1 fully saturated rings. The average Bonchev–Trinajstić information content (AvgIpc) is 1.17. The number of benzene rings is 9. The van der Waals surface area contributed by atoms with Gasteiger partial charge in [0.05, 0.1) is 27.3 Å². The number of nitrogens with zero attached hydrogens (tertiary/aromatic N) is 3. The predicted octanol–water partition coefficient (Wildman–Crippen LogP) is 20.7. The van der Waals surface area contributed by atoms with Crippen molar-refractivity contribution in [1.29, 1.82) is 0 Å². The van der Waals surface area contributed by atoms with Crippen LogP contribution < -0.4 is 31.1 Å². The van der Waals surface area contributed by atoms with Gasteiger partial charge in [0, 0.05) is 60.5 Å². The third kappa shape index (κ3) is 8.32. The molecule has 3 aliphatic heterocycles. The molecule has 0 spiro atoms. The molecule has 9 aromatic carbocycles. The van der Waals surface area contributed by atoms with Crippen molar-refractivity contribution in [2.45, 2.75) is 162 Å². The van der Waals surface area contributed by atoms with Crippen LogP contribution in [0.3, 0.4) is 0 Å².